The van der Waals surface area contributed by atoms with Crippen LogP contribution in [0, 0.1) is 6.92 Å². The molecule has 26 heavy (non-hydrogen) atoms. The normalized spacial score (nSPS) is 16.0. The average Bonchev–Trinajstić information content (AvgIpc) is 2.63. The fraction of sp³-hybridized carbons (Fsp3) is 0.0952. The van der Waals surface area contributed by atoms with Crippen LogP contribution in [0.25, 0.3) is 17.2 Å². The Hall–Kier alpha value is -3.05. The van der Waals surface area contributed by atoms with Crippen LogP contribution in [0.4, 0.5) is 0 Å². The summed E-state index contributed by atoms with van der Waals surface area (Å²) in [6.45, 7) is 5.91. The van der Waals surface area contributed by atoms with Crippen molar-refractivity contribution in [3.05, 3.63) is 77.9 Å². The summed E-state index contributed by atoms with van der Waals surface area (Å²) >= 11 is 5.04. The monoisotopic (exact) mass is 362 g/mol. The standard InChI is InChI=1S/C21H18N2O2S/c1-3-12-23-20(25)18(19(24)22-21(23)26)13-15-6-10-17(11-7-15)16-8-4-14(2)5-9-16/h3-11,13H,1,12H2,2H3,(H,22,24,26)/b18-13+. The molecular formula is C21H18N2O2S. The van der Waals surface area contributed by atoms with Crippen LogP contribution in [0.5, 0.6) is 0 Å². The molecule has 2 amide bonds. The lowest BCUT2D eigenvalue weighted by atomic mass is 10.0. The van der Waals surface area contributed by atoms with Gasteiger partial charge < -0.3 is 0 Å². The Morgan fingerprint density at radius 3 is 2.19 bits per heavy atom. The number of hydrogen-bond acceptors (Lipinski definition) is 3. The van der Waals surface area contributed by atoms with Crippen molar-refractivity contribution in [3.63, 3.8) is 0 Å². The maximum absolute atomic E-state index is 12.5. The van der Waals surface area contributed by atoms with Gasteiger partial charge in [0.1, 0.15) is 5.57 Å². The molecule has 1 aliphatic heterocycles. The van der Waals surface area contributed by atoms with Crippen molar-refractivity contribution in [3.8, 4) is 11.1 Å². The molecule has 1 saturated heterocycles. The first-order valence-corrected chi connectivity index (χ1v) is 8.57. The summed E-state index contributed by atoms with van der Waals surface area (Å²) in [4.78, 5) is 26.0. The highest BCUT2D eigenvalue weighted by molar-refractivity contribution is 7.80. The Bertz CT molecular complexity index is 912. The molecule has 0 radical (unpaired) electrons. The van der Waals surface area contributed by atoms with Crippen LogP contribution in [-0.4, -0.2) is 28.4 Å². The molecule has 0 bridgehead atoms. The van der Waals surface area contributed by atoms with E-state index >= 15 is 0 Å². The summed E-state index contributed by atoms with van der Waals surface area (Å²) in [5, 5.41) is 2.64. The van der Waals surface area contributed by atoms with E-state index in [1.54, 1.807) is 12.2 Å². The lowest BCUT2D eigenvalue weighted by Gasteiger charge is -2.27. The first kappa shape index (κ1) is 17.8. The topological polar surface area (TPSA) is 49.4 Å². The van der Waals surface area contributed by atoms with E-state index in [0.717, 1.165) is 16.7 Å². The van der Waals surface area contributed by atoms with Crippen LogP contribution in [0.15, 0.2) is 66.8 Å². The number of rotatable bonds is 4. The highest BCUT2D eigenvalue weighted by Gasteiger charge is 2.32. The molecule has 5 heteroatoms. The van der Waals surface area contributed by atoms with Crippen molar-refractivity contribution in [1.29, 1.82) is 0 Å². The second-order valence-corrected chi connectivity index (χ2v) is 6.40. The summed E-state index contributed by atoms with van der Waals surface area (Å²) in [7, 11) is 0. The Labute approximate surface area is 157 Å². The minimum Gasteiger partial charge on any atom is -0.298 e. The van der Waals surface area contributed by atoms with Gasteiger partial charge in [-0.1, -0.05) is 60.2 Å². The van der Waals surface area contributed by atoms with Crippen molar-refractivity contribution in [2.75, 3.05) is 6.54 Å². The van der Waals surface area contributed by atoms with Gasteiger partial charge in [-0.3, -0.25) is 19.8 Å². The van der Waals surface area contributed by atoms with Gasteiger partial charge in [0.05, 0.1) is 0 Å². The highest BCUT2D eigenvalue weighted by Crippen LogP contribution is 2.22. The number of carbonyl (C=O) groups is 2. The van der Waals surface area contributed by atoms with Gasteiger partial charge >= 0.3 is 0 Å². The Morgan fingerprint density at radius 1 is 1.04 bits per heavy atom. The number of carbonyl (C=O) groups excluding carboxylic acids is 2. The molecule has 0 atom stereocenters. The molecule has 4 nitrogen and oxygen atoms in total. The first-order valence-electron chi connectivity index (χ1n) is 8.16. The molecule has 2 aromatic rings. The van der Waals surface area contributed by atoms with Crippen LogP contribution < -0.4 is 5.32 Å². The lowest BCUT2D eigenvalue weighted by Crippen LogP contribution is -2.53. The molecule has 3 rings (SSSR count). The molecule has 0 spiro atoms. The van der Waals surface area contributed by atoms with Gasteiger partial charge in [0, 0.05) is 6.54 Å². The van der Waals surface area contributed by atoms with Crippen molar-refractivity contribution in [2.45, 2.75) is 6.92 Å². The minimum absolute atomic E-state index is 0.0588. The van der Waals surface area contributed by atoms with Crippen molar-refractivity contribution < 1.29 is 9.59 Å². The van der Waals surface area contributed by atoms with Gasteiger partial charge in [0.2, 0.25) is 0 Å². The van der Waals surface area contributed by atoms with E-state index in [1.165, 1.54) is 10.5 Å². The molecular weight excluding hydrogens is 344 g/mol. The van der Waals surface area contributed by atoms with Gasteiger partial charge in [-0.05, 0) is 41.9 Å². The van der Waals surface area contributed by atoms with Crippen molar-refractivity contribution >= 4 is 35.2 Å². The smallest absolute Gasteiger partial charge is 0.265 e. The zero-order valence-electron chi connectivity index (χ0n) is 14.4. The molecule has 1 aliphatic rings. The van der Waals surface area contributed by atoms with Crippen LogP contribution in [-0.2, 0) is 9.59 Å². The molecule has 0 unspecified atom stereocenters. The number of aryl methyl sites for hydroxylation is 1. The number of hydrogen-bond donors (Lipinski definition) is 1. The maximum atomic E-state index is 12.5. The van der Waals surface area contributed by atoms with E-state index in [4.69, 9.17) is 12.2 Å². The van der Waals surface area contributed by atoms with Crippen molar-refractivity contribution in [2.24, 2.45) is 0 Å². The second-order valence-electron chi connectivity index (χ2n) is 6.01. The SMILES string of the molecule is C=CCN1C(=O)/C(=C/c2ccc(-c3ccc(C)cc3)cc2)C(=O)NC1=S. The van der Waals surface area contributed by atoms with Crippen LogP contribution in [0.2, 0.25) is 0 Å². The number of nitrogens with zero attached hydrogens (tertiary/aromatic N) is 1. The predicted octanol–water partition coefficient (Wildman–Crippen LogP) is 3.47. The zero-order chi connectivity index (χ0) is 18.7. The molecule has 1 N–H and O–H groups in total. The summed E-state index contributed by atoms with van der Waals surface area (Å²) in [6, 6.07) is 16.0. The Balaban J connectivity index is 1.87. The second kappa shape index (κ2) is 7.45. The third kappa shape index (κ3) is 3.63. The third-order valence-corrected chi connectivity index (χ3v) is 4.43. The zero-order valence-corrected chi connectivity index (χ0v) is 15.2. The average molecular weight is 362 g/mol. The number of thiocarbonyl (C=S) groups is 1. The van der Waals surface area contributed by atoms with E-state index in [-0.39, 0.29) is 17.2 Å². The van der Waals surface area contributed by atoms with Crippen LogP contribution >= 0.6 is 12.2 Å². The lowest BCUT2D eigenvalue weighted by molar-refractivity contribution is -0.128. The number of nitrogens with one attached hydrogen (secondary N) is 1. The van der Waals surface area contributed by atoms with E-state index in [1.807, 2.05) is 31.2 Å². The van der Waals surface area contributed by atoms with Gasteiger partial charge in [-0.15, -0.1) is 6.58 Å². The fourth-order valence-electron chi connectivity index (χ4n) is 2.67. The summed E-state index contributed by atoms with van der Waals surface area (Å²) in [5.74, 6) is -0.899. The molecule has 0 aliphatic carbocycles. The summed E-state index contributed by atoms with van der Waals surface area (Å²) in [5.41, 5.74) is 4.22. The van der Waals surface area contributed by atoms with E-state index < -0.39 is 11.8 Å². The van der Waals surface area contributed by atoms with Crippen molar-refractivity contribution in [1.82, 2.24) is 10.2 Å². The van der Waals surface area contributed by atoms with Gasteiger partial charge in [-0.2, -0.15) is 0 Å². The van der Waals surface area contributed by atoms with E-state index in [9.17, 15) is 9.59 Å². The number of benzene rings is 2. The molecule has 0 aromatic heterocycles. The Kier molecular flexibility index (Phi) is 5.09. The summed E-state index contributed by atoms with van der Waals surface area (Å²) < 4.78 is 0. The maximum Gasteiger partial charge on any atom is 0.265 e. The molecule has 1 fully saturated rings. The van der Waals surface area contributed by atoms with E-state index in [2.05, 4.69) is 36.2 Å². The van der Waals surface area contributed by atoms with Crippen LogP contribution in [0.3, 0.4) is 0 Å². The fourth-order valence-corrected chi connectivity index (χ4v) is 2.92. The number of amides is 2. The third-order valence-electron chi connectivity index (χ3n) is 4.10. The van der Waals surface area contributed by atoms with Crippen LogP contribution in [0.1, 0.15) is 11.1 Å². The predicted molar refractivity (Wildman–Crippen MR) is 107 cm³/mol. The van der Waals surface area contributed by atoms with Gasteiger partial charge in [-0.25, -0.2) is 0 Å². The first-order chi connectivity index (χ1) is 12.5. The molecule has 2 aromatic carbocycles. The van der Waals surface area contributed by atoms with Gasteiger partial charge in [0.25, 0.3) is 11.8 Å². The largest absolute Gasteiger partial charge is 0.298 e. The molecule has 1 heterocycles. The molecule has 0 saturated carbocycles. The van der Waals surface area contributed by atoms with Gasteiger partial charge in [0.15, 0.2) is 5.11 Å². The van der Waals surface area contributed by atoms with E-state index in [0.29, 0.717) is 0 Å². The minimum atomic E-state index is -0.483. The summed E-state index contributed by atoms with van der Waals surface area (Å²) in [6.07, 6.45) is 3.14. The Morgan fingerprint density at radius 2 is 1.62 bits per heavy atom. The highest BCUT2D eigenvalue weighted by atomic mass is 32.1. The quantitative estimate of drug-likeness (QED) is 0.392. The molecule has 130 valence electrons.